The second kappa shape index (κ2) is 8.47. The van der Waals surface area contributed by atoms with Crippen LogP contribution in [0.25, 0.3) is 6.08 Å². The van der Waals surface area contributed by atoms with Gasteiger partial charge in [0.05, 0.1) is 9.83 Å². The van der Waals surface area contributed by atoms with Crippen molar-refractivity contribution in [2.24, 2.45) is 4.99 Å². The second-order valence-electron chi connectivity index (χ2n) is 5.87. The highest BCUT2D eigenvalue weighted by Gasteiger charge is 2.23. The fourth-order valence-electron chi connectivity index (χ4n) is 2.31. The first-order valence-electron chi connectivity index (χ1n) is 8.23. The zero-order chi connectivity index (χ0) is 21.9. The van der Waals surface area contributed by atoms with Crippen molar-refractivity contribution in [3.8, 4) is 5.75 Å². The van der Waals surface area contributed by atoms with Gasteiger partial charge >= 0.3 is 10.1 Å². The normalized spacial score (nSPS) is 15.0. The zero-order valence-electron chi connectivity index (χ0n) is 15.3. The Morgan fingerprint density at radius 2 is 1.93 bits per heavy atom. The molecule has 0 saturated carbocycles. The fourth-order valence-corrected chi connectivity index (χ4v) is 4.14. The first-order valence-corrected chi connectivity index (χ1v) is 10.5. The maximum Gasteiger partial charge on any atom is 0.339 e. The molecule has 0 radical (unpaired) electrons. The zero-order valence-corrected chi connectivity index (χ0v) is 16.9. The lowest BCUT2D eigenvalue weighted by atomic mass is 10.2. The summed E-state index contributed by atoms with van der Waals surface area (Å²) in [6.07, 6.45) is 1.53. The van der Waals surface area contributed by atoms with Crippen LogP contribution in [0.5, 0.6) is 5.75 Å². The Hall–Kier alpha value is -3.51. The van der Waals surface area contributed by atoms with Gasteiger partial charge in [-0.1, -0.05) is 18.2 Å². The highest BCUT2D eigenvalue weighted by molar-refractivity contribution is 8.18. The van der Waals surface area contributed by atoms with E-state index in [1.54, 1.807) is 0 Å². The van der Waals surface area contributed by atoms with Gasteiger partial charge in [-0.05, 0) is 41.6 Å². The lowest BCUT2D eigenvalue weighted by molar-refractivity contribution is -0.385. The van der Waals surface area contributed by atoms with Crippen molar-refractivity contribution in [3.05, 3.63) is 69.1 Å². The number of nitro groups is 1. The van der Waals surface area contributed by atoms with Gasteiger partial charge in [0, 0.05) is 19.1 Å². The SMILES string of the molecule is CC(=O)NC1=NC(=O)/C(=C/c2ccc(OS(=O)(=O)c3cccc([N+](=O)[O-])c3)cc2)S1. The topological polar surface area (TPSA) is 145 Å². The number of carbonyl (C=O) groups is 2. The van der Waals surface area contributed by atoms with Gasteiger partial charge in [-0.2, -0.15) is 13.4 Å². The van der Waals surface area contributed by atoms with Crippen LogP contribution in [0.3, 0.4) is 0 Å². The van der Waals surface area contributed by atoms with E-state index in [-0.39, 0.29) is 32.3 Å². The molecule has 1 aliphatic heterocycles. The fraction of sp³-hybridized carbons (Fsp3) is 0.0556. The Kier molecular flexibility index (Phi) is 5.99. The van der Waals surface area contributed by atoms with Crippen LogP contribution in [-0.2, 0) is 19.7 Å². The minimum atomic E-state index is -4.27. The first kappa shape index (κ1) is 21.2. The number of rotatable bonds is 5. The van der Waals surface area contributed by atoms with Crippen LogP contribution < -0.4 is 9.50 Å². The Balaban J connectivity index is 1.73. The minimum Gasteiger partial charge on any atom is -0.379 e. The molecule has 0 atom stereocenters. The maximum absolute atomic E-state index is 12.4. The van der Waals surface area contributed by atoms with Crippen molar-refractivity contribution in [1.29, 1.82) is 0 Å². The summed E-state index contributed by atoms with van der Waals surface area (Å²) in [5.74, 6) is -0.858. The quantitative estimate of drug-likeness (QED) is 0.318. The van der Waals surface area contributed by atoms with Crippen LogP contribution in [0.2, 0.25) is 0 Å². The van der Waals surface area contributed by atoms with E-state index in [2.05, 4.69) is 10.3 Å². The number of amides is 2. The number of non-ortho nitro benzene ring substituents is 1. The van der Waals surface area contributed by atoms with E-state index < -0.39 is 20.9 Å². The number of amidine groups is 1. The van der Waals surface area contributed by atoms with Gasteiger partial charge in [0.25, 0.3) is 11.6 Å². The second-order valence-corrected chi connectivity index (χ2v) is 8.45. The van der Waals surface area contributed by atoms with Crippen molar-refractivity contribution in [2.75, 3.05) is 0 Å². The summed E-state index contributed by atoms with van der Waals surface area (Å²) in [7, 11) is -4.27. The molecule has 1 N–H and O–H groups in total. The monoisotopic (exact) mass is 447 g/mol. The smallest absolute Gasteiger partial charge is 0.339 e. The third-order valence-corrected chi connectivity index (χ3v) is 5.75. The van der Waals surface area contributed by atoms with Gasteiger partial charge in [0.1, 0.15) is 10.6 Å². The number of thioether (sulfide) groups is 1. The molecule has 0 saturated heterocycles. The van der Waals surface area contributed by atoms with Gasteiger partial charge in [0.2, 0.25) is 5.91 Å². The van der Waals surface area contributed by atoms with Crippen molar-refractivity contribution >= 4 is 50.6 Å². The number of hydrogen-bond acceptors (Lipinski definition) is 8. The van der Waals surface area contributed by atoms with E-state index in [0.717, 1.165) is 17.8 Å². The minimum absolute atomic E-state index is 0.00996. The van der Waals surface area contributed by atoms with Crippen molar-refractivity contribution < 1.29 is 27.1 Å². The van der Waals surface area contributed by atoms with E-state index in [9.17, 15) is 28.1 Å². The average molecular weight is 447 g/mol. The molecular weight excluding hydrogens is 434 g/mol. The molecule has 2 amide bonds. The molecular formula is C18H13N3O7S2. The molecule has 0 bridgehead atoms. The van der Waals surface area contributed by atoms with E-state index in [1.807, 2.05) is 0 Å². The molecule has 0 unspecified atom stereocenters. The van der Waals surface area contributed by atoms with Gasteiger partial charge in [-0.25, -0.2) is 0 Å². The molecule has 10 nitrogen and oxygen atoms in total. The standard InChI is InChI=1S/C18H13N3O7S2/c1-11(22)19-18-20-17(23)16(29-18)9-12-5-7-14(8-6-12)28-30(26,27)15-4-2-3-13(10-15)21(24)25/h2-10H,1H3,(H,19,20,22,23)/b16-9-. The van der Waals surface area contributed by atoms with Gasteiger partial charge in [-0.3, -0.25) is 19.7 Å². The summed E-state index contributed by atoms with van der Waals surface area (Å²) in [6, 6.07) is 10.3. The Morgan fingerprint density at radius 1 is 1.23 bits per heavy atom. The van der Waals surface area contributed by atoms with Crippen LogP contribution in [0.15, 0.2) is 63.3 Å². The molecule has 0 fully saturated rings. The van der Waals surface area contributed by atoms with Gasteiger partial charge in [0.15, 0.2) is 5.17 Å². The summed E-state index contributed by atoms with van der Waals surface area (Å²) in [4.78, 5) is 36.7. The predicted molar refractivity (Wildman–Crippen MR) is 109 cm³/mol. The summed E-state index contributed by atoms with van der Waals surface area (Å²) in [6.45, 7) is 1.30. The summed E-state index contributed by atoms with van der Waals surface area (Å²) in [5.41, 5.74) is 0.200. The van der Waals surface area contributed by atoms with Crippen LogP contribution in [0, 0.1) is 10.1 Å². The Morgan fingerprint density at radius 3 is 2.57 bits per heavy atom. The third-order valence-electron chi connectivity index (χ3n) is 3.60. The molecule has 2 aromatic rings. The molecule has 1 aliphatic rings. The number of hydrogen-bond donors (Lipinski definition) is 1. The highest BCUT2D eigenvalue weighted by Crippen LogP contribution is 2.28. The third kappa shape index (κ3) is 5.10. The number of nitrogens with one attached hydrogen (secondary N) is 1. The lowest BCUT2D eigenvalue weighted by Crippen LogP contribution is -2.23. The molecule has 154 valence electrons. The maximum atomic E-state index is 12.4. The number of carbonyl (C=O) groups excluding carboxylic acids is 2. The molecule has 30 heavy (non-hydrogen) atoms. The van der Waals surface area contributed by atoms with E-state index in [1.165, 1.54) is 55.5 Å². The summed E-state index contributed by atoms with van der Waals surface area (Å²) < 4.78 is 29.7. The van der Waals surface area contributed by atoms with Gasteiger partial charge < -0.3 is 9.50 Å². The first-order chi connectivity index (χ1) is 14.1. The van der Waals surface area contributed by atoms with E-state index in [0.29, 0.717) is 5.56 Å². The van der Waals surface area contributed by atoms with Crippen molar-refractivity contribution in [1.82, 2.24) is 5.32 Å². The van der Waals surface area contributed by atoms with E-state index >= 15 is 0 Å². The molecule has 0 spiro atoms. The molecule has 1 heterocycles. The van der Waals surface area contributed by atoms with Crippen molar-refractivity contribution in [2.45, 2.75) is 11.8 Å². The molecule has 2 aromatic carbocycles. The number of nitro benzene ring substituents is 1. The number of aliphatic imine (C=N–C) groups is 1. The van der Waals surface area contributed by atoms with Crippen LogP contribution in [0.1, 0.15) is 12.5 Å². The molecule has 0 aromatic heterocycles. The molecule has 0 aliphatic carbocycles. The number of nitrogens with zero attached hydrogens (tertiary/aromatic N) is 2. The summed E-state index contributed by atoms with van der Waals surface area (Å²) >= 11 is 1.00. The van der Waals surface area contributed by atoms with Crippen LogP contribution in [0.4, 0.5) is 5.69 Å². The largest absolute Gasteiger partial charge is 0.379 e. The Bertz CT molecular complexity index is 1200. The predicted octanol–water partition coefficient (Wildman–Crippen LogP) is 2.47. The summed E-state index contributed by atoms with van der Waals surface area (Å²) in [5, 5.41) is 13.4. The average Bonchev–Trinajstić information content (AvgIpc) is 3.01. The lowest BCUT2D eigenvalue weighted by Gasteiger charge is -2.07. The van der Waals surface area contributed by atoms with Gasteiger partial charge in [-0.15, -0.1) is 0 Å². The molecule has 12 heteroatoms. The molecule has 3 rings (SSSR count). The van der Waals surface area contributed by atoms with Crippen LogP contribution in [-0.4, -0.2) is 30.3 Å². The number of benzene rings is 2. The van der Waals surface area contributed by atoms with Crippen LogP contribution >= 0.6 is 11.8 Å². The van der Waals surface area contributed by atoms with E-state index in [4.69, 9.17) is 4.18 Å². The highest BCUT2D eigenvalue weighted by atomic mass is 32.2. The Labute approximate surface area is 174 Å². The van der Waals surface area contributed by atoms with Crippen molar-refractivity contribution in [3.63, 3.8) is 0 Å².